The van der Waals surface area contributed by atoms with E-state index in [4.69, 9.17) is 9.47 Å². The number of anilines is 3. The lowest BCUT2D eigenvalue weighted by atomic mass is 10.2. The van der Waals surface area contributed by atoms with Crippen LogP contribution in [0.5, 0.6) is 5.75 Å². The van der Waals surface area contributed by atoms with Crippen LogP contribution < -0.4 is 19.3 Å². The molecule has 4 rings (SSSR count). The molecule has 8 nitrogen and oxygen atoms in total. The first-order valence-corrected chi connectivity index (χ1v) is 12.4. The zero-order valence-electron chi connectivity index (χ0n) is 18.9. The second-order valence-corrected chi connectivity index (χ2v) is 9.58. The third-order valence-electron chi connectivity index (χ3n) is 5.51. The number of carbonyl (C=O) groups excluding carboxylic acids is 1. The quantitative estimate of drug-likeness (QED) is 0.531. The Morgan fingerprint density at radius 2 is 1.62 bits per heavy atom. The van der Waals surface area contributed by atoms with Gasteiger partial charge in [-0.15, -0.1) is 0 Å². The van der Waals surface area contributed by atoms with Crippen LogP contribution in [0.3, 0.4) is 0 Å². The molecule has 34 heavy (non-hydrogen) atoms. The first-order chi connectivity index (χ1) is 16.5. The number of sulfonamides is 1. The molecule has 0 unspecified atom stereocenters. The Kier molecular flexibility index (Phi) is 7.34. The second kappa shape index (κ2) is 10.6. The SMILES string of the molecule is COc1ccc(S(=O)(=O)N(CC(=O)Nc2ccc(N3CCOCC3)cc2)c2ccccc2)cc1. The van der Waals surface area contributed by atoms with Crippen molar-refractivity contribution in [2.24, 2.45) is 0 Å². The van der Waals surface area contributed by atoms with E-state index in [2.05, 4.69) is 10.2 Å². The van der Waals surface area contributed by atoms with E-state index >= 15 is 0 Å². The van der Waals surface area contributed by atoms with E-state index in [0.29, 0.717) is 30.3 Å². The number of hydrogen-bond acceptors (Lipinski definition) is 6. The molecule has 178 valence electrons. The van der Waals surface area contributed by atoms with Crippen LogP contribution in [-0.2, 0) is 19.6 Å². The Labute approximate surface area is 199 Å². The molecule has 0 aromatic heterocycles. The molecule has 1 N–H and O–H groups in total. The van der Waals surface area contributed by atoms with Crippen molar-refractivity contribution in [3.8, 4) is 5.75 Å². The molecule has 0 saturated carbocycles. The summed E-state index contributed by atoms with van der Waals surface area (Å²) >= 11 is 0. The first kappa shape index (κ1) is 23.6. The van der Waals surface area contributed by atoms with Gasteiger partial charge in [-0.2, -0.15) is 0 Å². The number of nitrogens with one attached hydrogen (secondary N) is 1. The van der Waals surface area contributed by atoms with Crippen LogP contribution in [-0.4, -0.2) is 54.3 Å². The monoisotopic (exact) mass is 481 g/mol. The van der Waals surface area contributed by atoms with Crippen LogP contribution in [0.1, 0.15) is 0 Å². The van der Waals surface area contributed by atoms with Crippen molar-refractivity contribution < 1.29 is 22.7 Å². The largest absolute Gasteiger partial charge is 0.497 e. The summed E-state index contributed by atoms with van der Waals surface area (Å²) in [6.07, 6.45) is 0. The Morgan fingerprint density at radius 3 is 2.24 bits per heavy atom. The predicted octanol–water partition coefficient (Wildman–Crippen LogP) is 3.37. The number of morpholine rings is 1. The number of carbonyl (C=O) groups is 1. The Hall–Kier alpha value is -3.56. The maximum atomic E-state index is 13.4. The van der Waals surface area contributed by atoms with Crippen LogP contribution in [0.15, 0.2) is 83.8 Å². The third-order valence-corrected chi connectivity index (χ3v) is 7.29. The summed E-state index contributed by atoms with van der Waals surface area (Å²) in [6, 6.07) is 22.1. The zero-order valence-corrected chi connectivity index (χ0v) is 19.7. The molecule has 1 heterocycles. The molecule has 1 aliphatic heterocycles. The van der Waals surface area contributed by atoms with Crippen molar-refractivity contribution in [2.45, 2.75) is 4.90 Å². The maximum Gasteiger partial charge on any atom is 0.264 e. The van der Waals surface area contributed by atoms with Gasteiger partial charge in [0.1, 0.15) is 12.3 Å². The van der Waals surface area contributed by atoms with Gasteiger partial charge in [-0.05, 0) is 60.7 Å². The van der Waals surface area contributed by atoms with E-state index in [1.807, 2.05) is 24.3 Å². The van der Waals surface area contributed by atoms with E-state index in [1.165, 1.54) is 19.2 Å². The van der Waals surface area contributed by atoms with Gasteiger partial charge in [-0.1, -0.05) is 18.2 Å². The molecule has 0 radical (unpaired) electrons. The van der Waals surface area contributed by atoms with Crippen molar-refractivity contribution in [2.75, 3.05) is 54.5 Å². The summed E-state index contributed by atoms with van der Waals surface area (Å²) in [5.41, 5.74) is 2.04. The molecule has 3 aromatic carbocycles. The molecule has 1 aliphatic rings. The molecule has 1 amide bonds. The molecule has 9 heteroatoms. The van der Waals surface area contributed by atoms with Gasteiger partial charge < -0.3 is 19.7 Å². The molecule has 0 bridgehead atoms. The van der Waals surface area contributed by atoms with Crippen LogP contribution in [0, 0.1) is 0 Å². The summed E-state index contributed by atoms with van der Waals surface area (Å²) in [6.45, 7) is 2.65. The highest BCUT2D eigenvalue weighted by molar-refractivity contribution is 7.92. The highest BCUT2D eigenvalue weighted by Crippen LogP contribution is 2.25. The maximum absolute atomic E-state index is 13.4. The number of nitrogens with zero attached hydrogens (tertiary/aromatic N) is 2. The molecule has 1 fully saturated rings. The van der Waals surface area contributed by atoms with E-state index < -0.39 is 15.9 Å². The van der Waals surface area contributed by atoms with Crippen molar-refractivity contribution in [1.82, 2.24) is 0 Å². The lowest BCUT2D eigenvalue weighted by Gasteiger charge is -2.29. The lowest BCUT2D eigenvalue weighted by Crippen LogP contribution is -2.38. The Bertz CT molecular complexity index is 1190. The summed E-state index contributed by atoms with van der Waals surface area (Å²) < 4.78 is 38.5. The van der Waals surface area contributed by atoms with Gasteiger partial charge in [0.2, 0.25) is 5.91 Å². The topological polar surface area (TPSA) is 88.2 Å². The molecular formula is C25H27N3O5S. The smallest absolute Gasteiger partial charge is 0.264 e. The fourth-order valence-corrected chi connectivity index (χ4v) is 5.11. The van der Waals surface area contributed by atoms with E-state index in [0.717, 1.165) is 23.1 Å². The van der Waals surface area contributed by atoms with Gasteiger partial charge in [0, 0.05) is 24.5 Å². The number of rotatable bonds is 8. The van der Waals surface area contributed by atoms with Crippen molar-refractivity contribution in [3.05, 3.63) is 78.9 Å². The van der Waals surface area contributed by atoms with Crippen molar-refractivity contribution in [3.63, 3.8) is 0 Å². The molecule has 3 aromatic rings. The summed E-state index contributed by atoms with van der Waals surface area (Å²) in [7, 11) is -2.48. The average Bonchev–Trinajstić information content (AvgIpc) is 2.88. The molecule has 0 atom stereocenters. The van der Waals surface area contributed by atoms with Gasteiger partial charge in [0.05, 0.1) is 30.9 Å². The number of ether oxygens (including phenoxy) is 2. The van der Waals surface area contributed by atoms with Gasteiger partial charge >= 0.3 is 0 Å². The Balaban J connectivity index is 1.51. The second-order valence-electron chi connectivity index (χ2n) is 7.72. The van der Waals surface area contributed by atoms with Crippen molar-refractivity contribution in [1.29, 1.82) is 0 Å². The summed E-state index contributed by atoms with van der Waals surface area (Å²) in [5.74, 6) is 0.101. The normalized spacial score (nSPS) is 13.9. The third kappa shape index (κ3) is 5.49. The van der Waals surface area contributed by atoms with E-state index in [9.17, 15) is 13.2 Å². The highest BCUT2D eigenvalue weighted by Gasteiger charge is 2.27. The van der Waals surface area contributed by atoms with Gasteiger partial charge in [0.15, 0.2) is 0 Å². The number of methoxy groups -OCH3 is 1. The first-order valence-electron chi connectivity index (χ1n) is 10.9. The van der Waals surface area contributed by atoms with Gasteiger partial charge in [-0.25, -0.2) is 8.42 Å². The highest BCUT2D eigenvalue weighted by atomic mass is 32.2. The Morgan fingerprint density at radius 1 is 0.971 bits per heavy atom. The minimum atomic E-state index is -3.99. The predicted molar refractivity (Wildman–Crippen MR) is 132 cm³/mol. The summed E-state index contributed by atoms with van der Waals surface area (Å²) in [4.78, 5) is 15.2. The van der Waals surface area contributed by atoms with Gasteiger partial charge in [0.25, 0.3) is 10.0 Å². The fraction of sp³-hybridized carbons (Fsp3) is 0.240. The minimum Gasteiger partial charge on any atom is -0.497 e. The lowest BCUT2D eigenvalue weighted by molar-refractivity contribution is -0.114. The molecule has 0 spiro atoms. The summed E-state index contributed by atoms with van der Waals surface area (Å²) in [5, 5.41) is 2.81. The van der Waals surface area contributed by atoms with Crippen LogP contribution in [0.4, 0.5) is 17.1 Å². The fourth-order valence-electron chi connectivity index (χ4n) is 3.69. The molecular weight excluding hydrogens is 454 g/mol. The number of benzene rings is 3. The molecule has 1 saturated heterocycles. The zero-order chi connectivity index (χ0) is 24.0. The van der Waals surface area contributed by atoms with Crippen LogP contribution >= 0.6 is 0 Å². The van der Waals surface area contributed by atoms with Gasteiger partial charge in [-0.3, -0.25) is 9.10 Å². The van der Waals surface area contributed by atoms with E-state index in [1.54, 1.807) is 42.5 Å². The van der Waals surface area contributed by atoms with E-state index in [-0.39, 0.29) is 11.4 Å². The number of para-hydroxylation sites is 1. The van der Waals surface area contributed by atoms with Crippen LogP contribution in [0.25, 0.3) is 0 Å². The molecule has 0 aliphatic carbocycles. The van der Waals surface area contributed by atoms with Crippen LogP contribution in [0.2, 0.25) is 0 Å². The average molecular weight is 482 g/mol. The van der Waals surface area contributed by atoms with Crippen molar-refractivity contribution >= 4 is 33.0 Å². The standard InChI is InChI=1S/C25H27N3O5S/c1-32-23-11-13-24(14-12-23)34(30,31)28(22-5-3-2-4-6-22)19-25(29)26-20-7-9-21(10-8-20)27-15-17-33-18-16-27/h2-14H,15-19H2,1H3,(H,26,29). The minimum absolute atomic E-state index is 0.0693. The number of hydrogen-bond donors (Lipinski definition) is 1. The number of amides is 1.